The van der Waals surface area contributed by atoms with Crippen LogP contribution < -0.4 is 5.32 Å². The van der Waals surface area contributed by atoms with Gasteiger partial charge in [-0.25, -0.2) is 0 Å². The second-order valence-electron chi connectivity index (χ2n) is 3.55. The lowest BCUT2D eigenvalue weighted by Gasteiger charge is -2.29. The summed E-state index contributed by atoms with van der Waals surface area (Å²) < 4.78 is 0. The van der Waals surface area contributed by atoms with Crippen LogP contribution in [0.3, 0.4) is 0 Å². The molecule has 0 unspecified atom stereocenters. The fourth-order valence-corrected chi connectivity index (χ4v) is 1.45. The van der Waals surface area contributed by atoms with E-state index < -0.39 is 0 Å². The molecule has 3 heteroatoms. The average molecular weight is 158 g/mol. The molecule has 0 aromatic heterocycles. The standard InChI is InChI=1S/C8H18N2O/c1-6(2)10(3)7-4-9-5-8(7)11/h6-9,11H,4-5H2,1-3H3/t7-,8+/m0/s1. The number of β-amino-alcohol motifs (C(OH)–C–C–N with tert-alkyl or cyclic N) is 1. The van der Waals surface area contributed by atoms with E-state index in [-0.39, 0.29) is 6.10 Å². The van der Waals surface area contributed by atoms with Crippen LogP contribution in [0.25, 0.3) is 0 Å². The van der Waals surface area contributed by atoms with Gasteiger partial charge in [0.1, 0.15) is 0 Å². The van der Waals surface area contributed by atoms with Crippen molar-refractivity contribution in [3.8, 4) is 0 Å². The molecule has 2 N–H and O–H groups in total. The molecule has 3 nitrogen and oxygen atoms in total. The molecule has 0 amide bonds. The second kappa shape index (κ2) is 3.52. The predicted molar refractivity (Wildman–Crippen MR) is 45.6 cm³/mol. The van der Waals surface area contributed by atoms with Gasteiger partial charge in [-0.2, -0.15) is 0 Å². The van der Waals surface area contributed by atoms with Crippen LogP contribution in [0, 0.1) is 0 Å². The van der Waals surface area contributed by atoms with Crippen LogP contribution in [0.1, 0.15) is 13.8 Å². The van der Waals surface area contributed by atoms with Crippen LogP contribution in [0.15, 0.2) is 0 Å². The number of rotatable bonds is 2. The van der Waals surface area contributed by atoms with E-state index in [1.54, 1.807) is 0 Å². The maximum absolute atomic E-state index is 9.50. The number of aliphatic hydroxyl groups is 1. The third kappa shape index (κ3) is 1.92. The molecule has 0 radical (unpaired) electrons. The third-order valence-corrected chi connectivity index (χ3v) is 2.49. The molecule has 0 saturated carbocycles. The quantitative estimate of drug-likeness (QED) is 0.577. The summed E-state index contributed by atoms with van der Waals surface area (Å²) in [5.41, 5.74) is 0. The number of likely N-dealkylation sites (N-methyl/N-ethyl adjacent to an activating group) is 1. The van der Waals surface area contributed by atoms with Crippen molar-refractivity contribution in [2.45, 2.75) is 32.0 Å². The summed E-state index contributed by atoms with van der Waals surface area (Å²) in [6.45, 7) is 5.94. The largest absolute Gasteiger partial charge is 0.390 e. The fraction of sp³-hybridized carbons (Fsp3) is 1.00. The average Bonchev–Trinajstić information content (AvgIpc) is 2.33. The number of nitrogens with one attached hydrogen (secondary N) is 1. The van der Waals surface area contributed by atoms with E-state index in [0.717, 1.165) is 13.1 Å². The second-order valence-corrected chi connectivity index (χ2v) is 3.55. The Morgan fingerprint density at radius 1 is 1.45 bits per heavy atom. The van der Waals surface area contributed by atoms with Gasteiger partial charge in [0.05, 0.1) is 6.10 Å². The zero-order chi connectivity index (χ0) is 8.43. The van der Waals surface area contributed by atoms with Gasteiger partial charge in [-0.3, -0.25) is 4.90 Å². The van der Waals surface area contributed by atoms with Gasteiger partial charge in [-0.15, -0.1) is 0 Å². The molecule has 0 bridgehead atoms. The molecular formula is C8H18N2O. The van der Waals surface area contributed by atoms with Gasteiger partial charge >= 0.3 is 0 Å². The van der Waals surface area contributed by atoms with Crippen molar-refractivity contribution in [1.29, 1.82) is 0 Å². The lowest BCUT2D eigenvalue weighted by molar-refractivity contribution is 0.0823. The van der Waals surface area contributed by atoms with Crippen molar-refractivity contribution < 1.29 is 5.11 Å². The zero-order valence-corrected chi connectivity index (χ0v) is 7.54. The third-order valence-electron chi connectivity index (χ3n) is 2.49. The summed E-state index contributed by atoms with van der Waals surface area (Å²) in [6, 6.07) is 0.810. The molecule has 0 aromatic rings. The topological polar surface area (TPSA) is 35.5 Å². The SMILES string of the molecule is CC(C)N(C)[C@H]1CNC[C@H]1O. The number of aliphatic hydroxyl groups excluding tert-OH is 1. The Morgan fingerprint density at radius 3 is 2.45 bits per heavy atom. The molecule has 66 valence electrons. The minimum Gasteiger partial charge on any atom is -0.390 e. The summed E-state index contributed by atoms with van der Waals surface area (Å²) in [5.74, 6) is 0. The molecule has 1 aliphatic rings. The first-order valence-electron chi connectivity index (χ1n) is 4.23. The van der Waals surface area contributed by atoms with Crippen molar-refractivity contribution in [3.05, 3.63) is 0 Å². The van der Waals surface area contributed by atoms with Crippen LogP contribution >= 0.6 is 0 Å². The van der Waals surface area contributed by atoms with Gasteiger partial charge in [0.15, 0.2) is 0 Å². The maximum atomic E-state index is 9.50. The maximum Gasteiger partial charge on any atom is 0.0831 e. The minimum atomic E-state index is -0.192. The Balaban J connectivity index is 2.45. The Labute approximate surface area is 68.4 Å². The van der Waals surface area contributed by atoms with Crippen molar-refractivity contribution in [1.82, 2.24) is 10.2 Å². The highest BCUT2D eigenvalue weighted by atomic mass is 16.3. The van der Waals surface area contributed by atoms with Gasteiger partial charge in [0.25, 0.3) is 0 Å². The van der Waals surface area contributed by atoms with Crippen LogP contribution in [-0.2, 0) is 0 Å². The number of hydrogen-bond donors (Lipinski definition) is 2. The molecule has 1 heterocycles. The molecule has 2 atom stereocenters. The van der Waals surface area contributed by atoms with Crippen molar-refractivity contribution in [2.24, 2.45) is 0 Å². The van der Waals surface area contributed by atoms with E-state index in [9.17, 15) is 5.11 Å². The van der Waals surface area contributed by atoms with Crippen LogP contribution in [0.2, 0.25) is 0 Å². The minimum absolute atomic E-state index is 0.192. The highest BCUT2D eigenvalue weighted by molar-refractivity contribution is 4.88. The zero-order valence-electron chi connectivity index (χ0n) is 7.54. The lowest BCUT2D eigenvalue weighted by atomic mass is 10.1. The number of nitrogens with zero attached hydrogens (tertiary/aromatic N) is 1. The summed E-state index contributed by atoms with van der Waals surface area (Å²) in [6.07, 6.45) is -0.192. The van der Waals surface area contributed by atoms with Crippen molar-refractivity contribution in [2.75, 3.05) is 20.1 Å². The Bertz CT molecular complexity index is 127. The molecule has 0 aromatic carbocycles. The van der Waals surface area contributed by atoms with E-state index in [1.165, 1.54) is 0 Å². The van der Waals surface area contributed by atoms with Crippen molar-refractivity contribution >= 4 is 0 Å². The summed E-state index contributed by atoms with van der Waals surface area (Å²) in [5, 5.41) is 12.7. The first-order chi connectivity index (χ1) is 5.13. The van der Waals surface area contributed by atoms with Gasteiger partial charge in [-0.1, -0.05) is 0 Å². The molecule has 1 saturated heterocycles. The van der Waals surface area contributed by atoms with E-state index >= 15 is 0 Å². The first kappa shape index (κ1) is 8.97. The summed E-state index contributed by atoms with van der Waals surface area (Å²) in [7, 11) is 2.06. The predicted octanol–water partition coefficient (Wildman–Crippen LogP) is -0.341. The van der Waals surface area contributed by atoms with Gasteiger partial charge in [-0.05, 0) is 20.9 Å². The Morgan fingerprint density at radius 2 is 2.09 bits per heavy atom. The van der Waals surface area contributed by atoms with Gasteiger partial charge in [0, 0.05) is 25.2 Å². The van der Waals surface area contributed by atoms with Crippen LogP contribution in [0.4, 0.5) is 0 Å². The van der Waals surface area contributed by atoms with E-state index in [1.807, 2.05) is 0 Å². The fourth-order valence-electron chi connectivity index (χ4n) is 1.45. The molecule has 1 rings (SSSR count). The Hall–Kier alpha value is -0.120. The smallest absolute Gasteiger partial charge is 0.0831 e. The van der Waals surface area contributed by atoms with Gasteiger partial charge < -0.3 is 10.4 Å². The molecule has 0 spiro atoms. The molecular weight excluding hydrogens is 140 g/mol. The van der Waals surface area contributed by atoms with Crippen LogP contribution in [0.5, 0.6) is 0 Å². The highest BCUT2D eigenvalue weighted by Gasteiger charge is 2.29. The van der Waals surface area contributed by atoms with E-state index in [0.29, 0.717) is 12.1 Å². The Kier molecular flexibility index (Phi) is 2.87. The number of hydrogen-bond acceptors (Lipinski definition) is 3. The lowest BCUT2D eigenvalue weighted by Crippen LogP contribution is -2.44. The molecule has 1 aliphatic heterocycles. The van der Waals surface area contributed by atoms with E-state index in [2.05, 4.69) is 31.1 Å². The summed E-state index contributed by atoms with van der Waals surface area (Å²) in [4.78, 5) is 2.21. The monoisotopic (exact) mass is 158 g/mol. The van der Waals surface area contributed by atoms with Crippen molar-refractivity contribution in [3.63, 3.8) is 0 Å². The molecule has 1 fully saturated rings. The summed E-state index contributed by atoms with van der Waals surface area (Å²) >= 11 is 0. The van der Waals surface area contributed by atoms with E-state index in [4.69, 9.17) is 0 Å². The molecule has 11 heavy (non-hydrogen) atoms. The first-order valence-corrected chi connectivity index (χ1v) is 4.23. The van der Waals surface area contributed by atoms with Crippen LogP contribution in [-0.4, -0.2) is 48.3 Å². The van der Waals surface area contributed by atoms with Gasteiger partial charge in [0.2, 0.25) is 0 Å². The highest BCUT2D eigenvalue weighted by Crippen LogP contribution is 2.09. The normalized spacial score (nSPS) is 32.2. The molecule has 0 aliphatic carbocycles.